The van der Waals surface area contributed by atoms with Crippen molar-refractivity contribution in [2.24, 2.45) is 0 Å². The molecule has 21 heavy (non-hydrogen) atoms. The number of aromatic nitrogens is 1. The number of hydrogen-bond acceptors (Lipinski definition) is 4. The third kappa shape index (κ3) is 4.17. The Morgan fingerprint density at radius 1 is 1.38 bits per heavy atom. The van der Waals surface area contributed by atoms with Crippen LogP contribution in [0.15, 0.2) is 18.5 Å². The molecule has 1 aromatic rings. The van der Waals surface area contributed by atoms with Crippen LogP contribution in [0.3, 0.4) is 0 Å². The van der Waals surface area contributed by atoms with E-state index in [-0.39, 0.29) is 17.7 Å². The average Bonchev–Trinajstić information content (AvgIpc) is 2.45. The zero-order valence-electron chi connectivity index (χ0n) is 13.7. The Bertz CT molecular complexity index is 442. The number of likely N-dealkylation sites (N-methyl/N-ethyl adjacent to an activating group) is 1. The highest BCUT2D eigenvalue weighted by Crippen LogP contribution is 2.37. The van der Waals surface area contributed by atoms with Gasteiger partial charge in [-0.3, -0.25) is 4.98 Å². The fourth-order valence-corrected chi connectivity index (χ4v) is 3.00. The summed E-state index contributed by atoms with van der Waals surface area (Å²) in [4.78, 5) is 4.35. The van der Waals surface area contributed by atoms with E-state index in [4.69, 9.17) is 9.47 Å². The van der Waals surface area contributed by atoms with Crippen LogP contribution in [-0.4, -0.2) is 29.8 Å². The van der Waals surface area contributed by atoms with Crippen LogP contribution in [0, 0.1) is 0 Å². The van der Waals surface area contributed by atoms with E-state index < -0.39 is 0 Å². The molecule has 0 spiro atoms. The van der Waals surface area contributed by atoms with E-state index in [1.807, 2.05) is 20.0 Å². The standard InChI is InChI=1S/C17H28N2O2/c1-5-19-16(17(4)8-6-7-9-20-17)14-10-15(12-18-11-14)21-13(2)3/h10-13,16,19H,5-9H2,1-4H3. The Hall–Kier alpha value is -1.13. The molecule has 1 aliphatic rings. The molecule has 0 aliphatic carbocycles. The summed E-state index contributed by atoms with van der Waals surface area (Å²) in [5.41, 5.74) is 0.964. The summed E-state index contributed by atoms with van der Waals surface area (Å²) in [5, 5.41) is 3.57. The predicted octanol–water partition coefficient (Wildman–Crippen LogP) is 3.48. The first kappa shape index (κ1) is 16.2. The highest BCUT2D eigenvalue weighted by Gasteiger charge is 2.37. The van der Waals surface area contributed by atoms with Gasteiger partial charge in [-0.1, -0.05) is 6.92 Å². The van der Waals surface area contributed by atoms with Gasteiger partial charge in [0, 0.05) is 12.8 Å². The summed E-state index contributed by atoms with van der Waals surface area (Å²) >= 11 is 0. The molecular weight excluding hydrogens is 264 g/mol. The minimum atomic E-state index is -0.174. The van der Waals surface area contributed by atoms with Crippen LogP contribution in [0.5, 0.6) is 5.75 Å². The minimum absolute atomic E-state index is 0.144. The van der Waals surface area contributed by atoms with Gasteiger partial charge in [-0.25, -0.2) is 0 Å². The lowest BCUT2D eigenvalue weighted by molar-refractivity contribution is -0.0896. The number of nitrogens with one attached hydrogen (secondary N) is 1. The molecule has 0 radical (unpaired) electrons. The van der Waals surface area contributed by atoms with Gasteiger partial charge in [0.1, 0.15) is 5.75 Å². The van der Waals surface area contributed by atoms with Crippen LogP contribution < -0.4 is 10.1 Å². The number of nitrogens with zero attached hydrogens (tertiary/aromatic N) is 1. The highest BCUT2D eigenvalue weighted by molar-refractivity contribution is 5.28. The second-order valence-electron chi connectivity index (χ2n) is 6.23. The molecule has 0 saturated carbocycles. The Morgan fingerprint density at radius 2 is 2.19 bits per heavy atom. The van der Waals surface area contributed by atoms with E-state index in [2.05, 4.69) is 30.2 Å². The third-order valence-electron chi connectivity index (χ3n) is 3.96. The molecule has 118 valence electrons. The van der Waals surface area contributed by atoms with Crippen LogP contribution in [0.25, 0.3) is 0 Å². The summed E-state index contributed by atoms with van der Waals surface area (Å²) in [6.45, 7) is 10.1. The molecule has 0 amide bonds. The van der Waals surface area contributed by atoms with Gasteiger partial charge >= 0.3 is 0 Å². The van der Waals surface area contributed by atoms with Gasteiger partial charge in [-0.2, -0.15) is 0 Å². The smallest absolute Gasteiger partial charge is 0.138 e. The van der Waals surface area contributed by atoms with E-state index >= 15 is 0 Å². The monoisotopic (exact) mass is 292 g/mol. The van der Waals surface area contributed by atoms with Crippen molar-refractivity contribution in [1.82, 2.24) is 10.3 Å². The van der Waals surface area contributed by atoms with Crippen molar-refractivity contribution in [3.8, 4) is 5.75 Å². The first-order valence-corrected chi connectivity index (χ1v) is 8.04. The molecule has 1 fully saturated rings. The van der Waals surface area contributed by atoms with Crippen LogP contribution in [-0.2, 0) is 4.74 Å². The first-order chi connectivity index (χ1) is 10.0. The Morgan fingerprint density at radius 3 is 2.81 bits per heavy atom. The molecule has 1 N–H and O–H groups in total. The van der Waals surface area contributed by atoms with Crippen molar-refractivity contribution in [2.45, 2.75) is 64.7 Å². The van der Waals surface area contributed by atoms with Gasteiger partial charge in [-0.15, -0.1) is 0 Å². The highest BCUT2D eigenvalue weighted by atomic mass is 16.5. The molecule has 0 bridgehead atoms. The molecule has 0 aromatic carbocycles. The predicted molar refractivity (Wildman–Crippen MR) is 84.6 cm³/mol. The summed E-state index contributed by atoms with van der Waals surface area (Å²) < 4.78 is 11.9. The van der Waals surface area contributed by atoms with Gasteiger partial charge < -0.3 is 14.8 Å². The van der Waals surface area contributed by atoms with Crippen molar-refractivity contribution in [1.29, 1.82) is 0 Å². The maximum Gasteiger partial charge on any atom is 0.138 e. The fourth-order valence-electron chi connectivity index (χ4n) is 3.00. The molecular formula is C17H28N2O2. The van der Waals surface area contributed by atoms with Gasteiger partial charge in [0.25, 0.3) is 0 Å². The Balaban J connectivity index is 2.24. The maximum atomic E-state index is 6.12. The summed E-state index contributed by atoms with van der Waals surface area (Å²) in [5.74, 6) is 0.824. The number of rotatable bonds is 6. The SMILES string of the molecule is CCNC(c1cncc(OC(C)C)c1)C1(C)CCCCO1. The second-order valence-corrected chi connectivity index (χ2v) is 6.23. The first-order valence-electron chi connectivity index (χ1n) is 8.04. The lowest BCUT2D eigenvalue weighted by Crippen LogP contribution is -2.46. The summed E-state index contributed by atoms with van der Waals surface area (Å²) in [6, 6.07) is 2.23. The molecule has 2 rings (SSSR count). The van der Waals surface area contributed by atoms with E-state index in [0.29, 0.717) is 0 Å². The van der Waals surface area contributed by atoms with Gasteiger partial charge in [0.2, 0.25) is 0 Å². The van der Waals surface area contributed by atoms with E-state index in [1.165, 1.54) is 6.42 Å². The molecule has 2 unspecified atom stereocenters. The molecule has 2 heterocycles. The fraction of sp³-hybridized carbons (Fsp3) is 0.706. The zero-order valence-corrected chi connectivity index (χ0v) is 13.7. The van der Waals surface area contributed by atoms with Crippen molar-refractivity contribution >= 4 is 0 Å². The third-order valence-corrected chi connectivity index (χ3v) is 3.96. The van der Waals surface area contributed by atoms with Crippen LogP contribution in [0.1, 0.15) is 58.6 Å². The Labute approximate surface area is 128 Å². The van der Waals surface area contributed by atoms with Crippen LogP contribution in [0.4, 0.5) is 0 Å². The number of hydrogen-bond donors (Lipinski definition) is 1. The largest absolute Gasteiger partial charge is 0.489 e. The van der Waals surface area contributed by atoms with Gasteiger partial charge in [-0.05, 0) is 58.2 Å². The number of pyridine rings is 1. The molecule has 4 nitrogen and oxygen atoms in total. The van der Waals surface area contributed by atoms with E-state index in [9.17, 15) is 0 Å². The molecule has 1 aromatic heterocycles. The van der Waals surface area contributed by atoms with Gasteiger partial charge in [0.05, 0.1) is 23.9 Å². The maximum absolute atomic E-state index is 6.12. The van der Waals surface area contributed by atoms with Crippen molar-refractivity contribution < 1.29 is 9.47 Å². The molecule has 2 atom stereocenters. The van der Waals surface area contributed by atoms with Gasteiger partial charge in [0.15, 0.2) is 0 Å². The molecule has 1 saturated heterocycles. The topological polar surface area (TPSA) is 43.4 Å². The van der Waals surface area contributed by atoms with Crippen LogP contribution in [0.2, 0.25) is 0 Å². The number of ether oxygens (including phenoxy) is 2. The van der Waals surface area contributed by atoms with Crippen LogP contribution >= 0.6 is 0 Å². The van der Waals surface area contributed by atoms with E-state index in [0.717, 1.165) is 37.3 Å². The molecule has 4 heteroatoms. The van der Waals surface area contributed by atoms with E-state index in [1.54, 1.807) is 6.20 Å². The zero-order chi connectivity index (χ0) is 15.3. The molecule has 1 aliphatic heterocycles. The lowest BCUT2D eigenvalue weighted by atomic mass is 9.84. The Kier molecular flexibility index (Phi) is 5.59. The second kappa shape index (κ2) is 7.23. The summed E-state index contributed by atoms with van der Waals surface area (Å²) in [7, 11) is 0. The normalized spacial score (nSPS) is 24.0. The summed E-state index contributed by atoms with van der Waals surface area (Å²) in [6.07, 6.45) is 7.29. The lowest BCUT2D eigenvalue weighted by Gasteiger charge is -2.41. The average molecular weight is 292 g/mol. The van der Waals surface area contributed by atoms with Crippen molar-refractivity contribution in [3.63, 3.8) is 0 Å². The quantitative estimate of drug-likeness (QED) is 0.872. The van der Waals surface area contributed by atoms with Crippen molar-refractivity contribution in [2.75, 3.05) is 13.2 Å². The minimum Gasteiger partial charge on any atom is -0.489 e. The van der Waals surface area contributed by atoms with Crippen molar-refractivity contribution in [3.05, 3.63) is 24.0 Å².